The third-order valence-electron chi connectivity index (χ3n) is 5.62. The van der Waals surface area contributed by atoms with Gasteiger partial charge in [-0.1, -0.05) is 47.2 Å². The minimum absolute atomic E-state index is 0.218. The zero-order valence-electron chi connectivity index (χ0n) is 18.5. The standard InChI is InChI=1S/C26H19N5O2S/c1-16-10-11-17(2)20(13-16)23-18(15-30(28-23)19-7-4-3-5-8-19)14-22-25(32)31-26(34-22)27-24(29-31)21-9-6-12-33-21/h3-15H,1-2H3. The lowest BCUT2D eigenvalue weighted by molar-refractivity contribution is 0.577. The molecule has 2 aromatic carbocycles. The molecular weight excluding hydrogens is 446 g/mol. The summed E-state index contributed by atoms with van der Waals surface area (Å²) in [6.07, 6.45) is 5.39. The number of fused-ring (bicyclic) bond motifs is 1. The highest BCUT2D eigenvalue weighted by atomic mass is 32.1. The largest absolute Gasteiger partial charge is 0.461 e. The summed E-state index contributed by atoms with van der Waals surface area (Å²) < 4.78 is 9.08. The number of hydrogen-bond donors (Lipinski definition) is 0. The smallest absolute Gasteiger partial charge is 0.291 e. The van der Waals surface area contributed by atoms with Crippen molar-refractivity contribution in [2.45, 2.75) is 13.8 Å². The van der Waals surface area contributed by atoms with Crippen LogP contribution in [0.2, 0.25) is 0 Å². The molecule has 0 aliphatic carbocycles. The van der Waals surface area contributed by atoms with Gasteiger partial charge in [-0.25, -0.2) is 4.68 Å². The van der Waals surface area contributed by atoms with Crippen LogP contribution in [-0.4, -0.2) is 24.4 Å². The van der Waals surface area contributed by atoms with Crippen LogP contribution in [0.1, 0.15) is 16.7 Å². The number of hydrogen-bond acceptors (Lipinski definition) is 6. The summed E-state index contributed by atoms with van der Waals surface area (Å²) >= 11 is 1.30. The lowest BCUT2D eigenvalue weighted by Gasteiger charge is -2.05. The first-order chi connectivity index (χ1) is 16.6. The van der Waals surface area contributed by atoms with Crippen LogP contribution in [0.15, 0.2) is 82.3 Å². The summed E-state index contributed by atoms with van der Waals surface area (Å²) in [6.45, 7) is 4.13. The van der Waals surface area contributed by atoms with Crippen LogP contribution >= 0.6 is 11.3 Å². The van der Waals surface area contributed by atoms with Crippen LogP contribution in [0.5, 0.6) is 0 Å². The number of furan rings is 1. The number of thiazole rings is 1. The maximum Gasteiger partial charge on any atom is 0.291 e. The van der Waals surface area contributed by atoms with E-state index in [-0.39, 0.29) is 5.56 Å². The van der Waals surface area contributed by atoms with E-state index in [0.717, 1.165) is 33.6 Å². The predicted molar refractivity (Wildman–Crippen MR) is 132 cm³/mol. The Morgan fingerprint density at radius 2 is 1.85 bits per heavy atom. The van der Waals surface area contributed by atoms with E-state index in [1.165, 1.54) is 15.9 Å². The van der Waals surface area contributed by atoms with Crippen molar-refractivity contribution in [1.29, 1.82) is 0 Å². The highest BCUT2D eigenvalue weighted by Crippen LogP contribution is 2.28. The number of benzene rings is 2. The molecule has 34 heavy (non-hydrogen) atoms. The van der Waals surface area contributed by atoms with E-state index in [9.17, 15) is 4.79 Å². The van der Waals surface area contributed by atoms with Gasteiger partial charge in [0.1, 0.15) is 5.69 Å². The molecule has 0 N–H and O–H groups in total. The first-order valence-corrected chi connectivity index (χ1v) is 11.6. The summed E-state index contributed by atoms with van der Waals surface area (Å²) in [5.41, 5.74) is 5.70. The number of rotatable bonds is 4. The molecule has 0 fully saturated rings. The van der Waals surface area contributed by atoms with Crippen LogP contribution in [0.25, 0.3) is 39.6 Å². The highest BCUT2D eigenvalue weighted by molar-refractivity contribution is 7.15. The lowest BCUT2D eigenvalue weighted by atomic mass is 10.0. The number of para-hydroxylation sites is 1. The van der Waals surface area contributed by atoms with Crippen molar-refractivity contribution in [3.05, 3.63) is 105 Å². The minimum atomic E-state index is -0.218. The average molecular weight is 466 g/mol. The second-order valence-corrected chi connectivity index (χ2v) is 9.06. The molecule has 0 radical (unpaired) electrons. The van der Waals surface area contributed by atoms with Crippen LogP contribution in [-0.2, 0) is 0 Å². The molecule has 0 aliphatic rings. The Labute approximate surface area is 198 Å². The molecule has 6 aromatic rings. The van der Waals surface area contributed by atoms with Crippen LogP contribution in [0.4, 0.5) is 0 Å². The quantitative estimate of drug-likeness (QED) is 0.385. The predicted octanol–water partition coefficient (Wildman–Crippen LogP) is 4.43. The summed E-state index contributed by atoms with van der Waals surface area (Å²) in [5.74, 6) is 0.926. The molecule has 0 unspecified atom stereocenters. The van der Waals surface area contributed by atoms with Crippen LogP contribution < -0.4 is 10.1 Å². The third-order valence-corrected chi connectivity index (χ3v) is 6.58. The van der Waals surface area contributed by atoms with Gasteiger partial charge in [-0.05, 0) is 55.8 Å². The van der Waals surface area contributed by atoms with Crippen molar-refractivity contribution >= 4 is 22.4 Å². The summed E-state index contributed by atoms with van der Waals surface area (Å²) in [4.78, 5) is 18.1. The maximum absolute atomic E-state index is 13.1. The van der Waals surface area contributed by atoms with Crippen molar-refractivity contribution in [3.8, 4) is 28.5 Å². The summed E-state index contributed by atoms with van der Waals surface area (Å²) in [5, 5.41) is 9.25. The van der Waals surface area contributed by atoms with Gasteiger partial charge in [-0.2, -0.15) is 14.6 Å². The van der Waals surface area contributed by atoms with E-state index in [4.69, 9.17) is 9.52 Å². The van der Waals surface area contributed by atoms with E-state index >= 15 is 0 Å². The Bertz CT molecular complexity index is 1740. The van der Waals surface area contributed by atoms with Crippen molar-refractivity contribution in [2.75, 3.05) is 0 Å². The maximum atomic E-state index is 13.1. The molecule has 166 valence electrons. The molecule has 0 spiro atoms. The Balaban J connectivity index is 1.54. The Kier molecular flexibility index (Phi) is 4.74. The molecule has 4 aromatic heterocycles. The van der Waals surface area contributed by atoms with Gasteiger partial charge in [0, 0.05) is 17.3 Å². The summed E-state index contributed by atoms with van der Waals surface area (Å²) in [7, 11) is 0. The molecule has 4 heterocycles. The van der Waals surface area contributed by atoms with E-state index < -0.39 is 0 Å². The zero-order valence-corrected chi connectivity index (χ0v) is 19.3. The summed E-state index contributed by atoms with van der Waals surface area (Å²) in [6, 6.07) is 19.8. The molecule has 6 rings (SSSR count). The molecule has 0 saturated carbocycles. The van der Waals surface area contributed by atoms with Crippen molar-refractivity contribution in [2.24, 2.45) is 0 Å². The fourth-order valence-electron chi connectivity index (χ4n) is 3.89. The topological polar surface area (TPSA) is 78.2 Å². The van der Waals surface area contributed by atoms with E-state index in [1.54, 1.807) is 18.4 Å². The van der Waals surface area contributed by atoms with Crippen LogP contribution in [0, 0.1) is 13.8 Å². The van der Waals surface area contributed by atoms with Crippen LogP contribution in [0.3, 0.4) is 0 Å². The number of aryl methyl sites for hydroxylation is 2. The van der Waals surface area contributed by atoms with Gasteiger partial charge in [0.05, 0.1) is 16.5 Å². The van der Waals surface area contributed by atoms with Crippen molar-refractivity contribution < 1.29 is 4.42 Å². The molecule has 0 amide bonds. The van der Waals surface area contributed by atoms with Gasteiger partial charge < -0.3 is 4.42 Å². The van der Waals surface area contributed by atoms with E-state index in [0.29, 0.717) is 21.1 Å². The molecule has 0 aliphatic heterocycles. The second-order valence-electron chi connectivity index (χ2n) is 8.05. The van der Waals surface area contributed by atoms with Gasteiger partial charge in [-0.15, -0.1) is 5.10 Å². The Morgan fingerprint density at radius 3 is 2.62 bits per heavy atom. The Hall–Kier alpha value is -4.30. The third kappa shape index (κ3) is 3.45. The van der Waals surface area contributed by atoms with Gasteiger partial charge in [0.2, 0.25) is 10.8 Å². The molecule has 8 heteroatoms. The fourth-order valence-corrected chi connectivity index (χ4v) is 4.79. The van der Waals surface area contributed by atoms with Crippen molar-refractivity contribution in [3.63, 3.8) is 0 Å². The van der Waals surface area contributed by atoms with E-state index in [1.807, 2.05) is 47.3 Å². The number of nitrogens with zero attached hydrogens (tertiary/aromatic N) is 5. The zero-order chi connectivity index (χ0) is 23.2. The monoisotopic (exact) mass is 465 g/mol. The molecule has 0 bridgehead atoms. The van der Waals surface area contributed by atoms with Gasteiger partial charge in [0.25, 0.3) is 5.56 Å². The molecule has 0 saturated heterocycles. The molecular formula is C26H19N5O2S. The van der Waals surface area contributed by atoms with Gasteiger partial charge in [0.15, 0.2) is 5.76 Å². The van der Waals surface area contributed by atoms with Crippen molar-refractivity contribution in [1.82, 2.24) is 24.4 Å². The lowest BCUT2D eigenvalue weighted by Crippen LogP contribution is -2.23. The first kappa shape index (κ1) is 20.3. The first-order valence-electron chi connectivity index (χ1n) is 10.7. The average Bonchev–Trinajstić information content (AvgIpc) is 3.63. The molecule has 0 atom stereocenters. The van der Waals surface area contributed by atoms with Gasteiger partial charge in [-0.3, -0.25) is 4.79 Å². The molecule has 7 nitrogen and oxygen atoms in total. The minimum Gasteiger partial charge on any atom is -0.461 e. The Morgan fingerprint density at radius 1 is 1.00 bits per heavy atom. The van der Waals surface area contributed by atoms with E-state index in [2.05, 4.69) is 42.1 Å². The SMILES string of the molecule is Cc1ccc(C)c(-c2nn(-c3ccccc3)cc2C=c2sc3nc(-c4ccco4)nn3c2=O)c1. The normalized spacial score (nSPS) is 12.1. The number of aromatic nitrogens is 5. The highest BCUT2D eigenvalue weighted by Gasteiger charge is 2.16. The van der Waals surface area contributed by atoms with Gasteiger partial charge >= 0.3 is 0 Å². The second kappa shape index (κ2) is 7.93. The fraction of sp³-hybridized carbons (Fsp3) is 0.0769.